The van der Waals surface area contributed by atoms with Crippen molar-refractivity contribution in [3.63, 3.8) is 0 Å². The third-order valence-electron chi connectivity index (χ3n) is 1.32. The predicted octanol–water partition coefficient (Wildman–Crippen LogP) is -1.86. The van der Waals surface area contributed by atoms with E-state index in [9.17, 15) is 16.8 Å². The van der Waals surface area contributed by atoms with Gasteiger partial charge in [0, 0.05) is 0 Å². The quantitative estimate of drug-likeness (QED) is 0.476. The van der Waals surface area contributed by atoms with Crippen molar-refractivity contribution in [2.45, 2.75) is 19.1 Å². The van der Waals surface area contributed by atoms with Gasteiger partial charge in [0.05, 0.1) is 17.6 Å². The molecule has 7 nitrogen and oxygen atoms in total. The number of aliphatic hydroxyl groups is 1. The van der Waals surface area contributed by atoms with Gasteiger partial charge in [-0.25, -0.2) is 16.8 Å². The van der Waals surface area contributed by atoms with Crippen molar-refractivity contribution < 1.29 is 21.9 Å². The molecule has 0 unspecified atom stereocenters. The van der Waals surface area contributed by atoms with Crippen LogP contribution in [0.15, 0.2) is 0 Å². The highest BCUT2D eigenvalue weighted by Gasteiger charge is 2.18. The molecule has 0 aliphatic rings. The van der Waals surface area contributed by atoms with Crippen molar-refractivity contribution in [1.82, 2.24) is 9.66 Å². The van der Waals surface area contributed by atoms with Crippen molar-refractivity contribution in [1.29, 1.82) is 0 Å². The van der Waals surface area contributed by atoms with Crippen LogP contribution in [0.2, 0.25) is 0 Å². The zero-order chi connectivity index (χ0) is 11.4. The summed E-state index contributed by atoms with van der Waals surface area (Å²) in [4.78, 5) is 3.36. The normalized spacial score (nSPS) is 13.4. The minimum atomic E-state index is -3.79. The van der Waals surface area contributed by atoms with E-state index in [1.807, 2.05) is 0 Å². The summed E-state index contributed by atoms with van der Waals surface area (Å²) < 4.78 is 44.0. The van der Waals surface area contributed by atoms with Crippen LogP contribution in [0.3, 0.4) is 0 Å². The lowest BCUT2D eigenvalue weighted by Gasteiger charge is -2.10. The summed E-state index contributed by atoms with van der Waals surface area (Å²) in [6.45, 7) is 2.24. The van der Waals surface area contributed by atoms with Gasteiger partial charge in [-0.2, -0.15) is 0 Å². The monoisotopic (exact) mass is 246 g/mol. The smallest absolute Gasteiger partial charge is 0.227 e. The number of nitrogens with one attached hydrogen (secondary N) is 2. The lowest BCUT2D eigenvalue weighted by atomic mass is 10.6. The fourth-order valence-electron chi connectivity index (χ4n) is 0.411. The van der Waals surface area contributed by atoms with Gasteiger partial charge in [-0.1, -0.05) is 0 Å². The zero-order valence-corrected chi connectivity index (χ0v) is 9.52. The molecule has 0 aromatic rings. The Balaban J connectivity index is 4.34. The summed E-state index contributed by atoms with van der Waals surface area (Å²) in [5.74, 6) is -0.548. The molecule has 0 amide bonds. The van der Waals surface area contributed by atoms with Gasteiger partial charge >= 0.3 is 0 Å². The Kier molecular flexibility index (Phi) is 4.95. The van der Waals surface area contributed by atoms with Crippen LogP contribution in [-0.2, 0) is 20.0 Å². The van der Waals surface area contributed by atoms with Gasteiger partial charge in [-0.15, -0.1) is 9.66 Å². The molecule has 86 valence electrons. The third-order valence-corrected chi connectivity index (χ3v) is 4.21. The Morgan fingerprint density at radius 2 is 1.64 bits per heavy atom. The van der Waals surface area contributed by atoms with E-state index in [2.05, 4.69) is 0 Å². The van der Waals surface area contributed by atoms with E-state index >= 15 is 0 Å². The van der Waals surface area contributed by atoms with Gasteiger partial charge in [-0.3, -0.25) is 0 Å². The van der Waals surface area contributed by atoms with Crippen LogP contribution in [0.1, 0.15) is 13.8 Å². The first kappa shape index (κ1) is 13.8. The van der Waals surface area contributed by atoms with Crippen molar-refractivity contribution in [3.05, 3.63) is 0 Å². The van der Waals surface area contributed by atoms with Crippen LogP contribution in [0.25, 0.3) is 0 Å². The highest BCUT2D eigenvalue weighted by Crippen LogP contribution is 1.94. The molecule has 0 bridgehead atoms. The van der Waals surface area contributed by atoms with Crippen LogP contribution in [0, 0.1) is 0 Å². The molecule has 0 aliphatic heterocycles. The fourth-order valence-corrected chi connectivity index (χ4v) is 1.96. The van der Waals surface area contributed by atoms with Crippen molar-refractivity contribution in [2.24, 2.45) is 0 Å². The first-order valence-electron chi connectivity index (χ1n) is 3.82. The molecule has 0 radical (unpaired) electrons. The van der Waals surface area contributed by atoms with Crippen LogP contribution in [0.4, 0.5) is 0 Å². The Hall–Kier alpha value is -0.220. The molecule has 0 aromatic carbocycles. The van der Waals surface area contributed by atoms with E-state index in [0.717, 1.165) is 0 Å². The summed E-state index contributed by atoms with van der Waals surface area (Å²) in [5, 5.41) is 7.61. The summed E-state index contributed by atoms with van der Waals surface area (Å²) in [6, 6.07) is 0. The van der Waals surface area contributed by atoms with Crippen molar-refractivity contribution in [2.75, 3.05) is 12.4 Å². The minimum Gasteiger partial charge on any atom is -0.395 e. The summed E-state index contributed by atoms with van der Waals surface area (Å²) in [6.07, 6.45) is 0. The number of sulfonamides is 2. The molecule has 0 aromatic heterocycles. The van der Waals surface area contributed by atoms with Crippen LogP contribution in [0.5, 0.6) is 0 Å². The third kappa shape index (κ3) is 4.86. The van der Waals surface area contributed by atoms with Crippen molar-refractivity contribution in [3.8, 4) is 0 Å². The minimum absolute atomic E-state index is 0.548. The first-order chi connectivity index (χ1) is 6.21. The lowest BCUT2D eigenvalue weighted by Crippen LogP contribution is -2.45. The number of rotatable bonds is 6. The average Bonchev–Trinajstić information content (AvgIpc) is 2.01. The number of aliphatic hydroxyl groups excluding tert-OH is 1. The Bertz CT molecular complexity index is 358. The average molecular weight is 246 g/mol. The number of hydrogen-bond donors (Lipinski definition) is 3. The van der Waals surface area contributed by atoms with Crippen molar-refractivity contribution >= 4 is 20.0 Å². The Labute approximate surface area is 83.6 Å². The SMILES string of the molecule is CC(C)S(=O)(=O)NNS(=O)(=O)CCO. The summed E-state index contributed by atoms with van der Waals surface area (Å²) in [5.41, 5.74) is 0. The molecule has 0 spiro atoms. The molecule has 3 N–H and O–H groups in total. The summed E-state index contributed by atoms with van der Waals surface area (Å²) in [7, 11) is -7.46. The van der Waals surface area contributed by atoms with Crippen LogP contribution < -0.4 is 9.66 Å². The molecule has 0 aliphatic carbocycles. The van der Waals surface area contributed by atoms with Gasteiger partial charge in [0.25, 0.3) is 0 Å². The van der Waals surface area contributed by atoms with Gasteiger partial charge in [0.1, 0.15) is 0 Å². The Morgan fingerprint density at radius 1 is 1.14 bits per heavy atom. The van der Waals surface area contributed by atoms with Gasteiger partial charge in [0.15, 0.2) is 0 Å². The van der Waals surface area contributed by atoms with Gasteiger partial charge in [0.2, 0.25) is 20.0 Å². The maximum atomic E-state index is 11.1. The predicted molar refractivity (Wildman–Crippen MR) is 51.2 cm³/mol. The van der Waals surface area contributed by atoms with E-state index < -0.39 is 37.7 Å². The second-order valence-electron chi connectivity index (χ2n) is 2.84. The summed E-state index contributed by atoms with van der Waals surface area (Å²) >= 11 is 0. The molecule has 9 heteroatoms. The molecule has 0 atom stereocenters. The van der Waals surface area contributed by atoms with Gasteiger partial charge < -0.3 is 5.11 Å². The molecular weight excluding hydrogens is 232 g/mol. The second-order valence-corrected chi connectivity index (χ2v) is 6.92. The van der Waals surface area contributed by atoms with E-state index in [-0.39, 0.29) is 0 Å². The molecule has 0 saturated heterocycles. The standard InChI is InChI=1S/C5H14N2O5S2/c1-5(2)14(11,12)7-6-13(9,10)4-3-8/h5-8H,3-4H2,1-2H3. The molecule has 0 heterocycles. The zero-order valence-electron chi connectivity index (χ0n) is 7.89. The molecule has 0 saturated carbocycles. The van der Waals surface area contributed by atoms with Gasteiger partial charge in [-0.05, 0) is 13.8 Å². The maximum absolute atomic E-state index is 11.1. The molecule has 0 rings (SSSR count). The van der Waals surface area contributed by atoms with Crippen LogP contribution in [-0.4, -0.2) is 39.6 Å². The number of hydrazine groups is 1. The first-order valence-corrected chi connectivity index (χ1v) is 7.02. The van der Waals surface area contributed by atoms with E-state index in [1.54, 1.807) is 9.66 Å². The van der Waals surface area contributed by atoms with Crippen LogP contribution >= 0.6 is 0 Å². The molecule has 0 fully saturated rings. The molecule has 14 heavy (non-hydrogen) atoms. The molecular formula is C5H14N2O5S2. The van der Waals surface area contributed by atoms with E-state index in [4.69, 9.17) is 5.11 Å². The maximum Gasteiger partial charge on any atom is 0.227 e. The fraction of sp³-hybridized carbons (Fsp3) is 1.00. The highest BCUT2D eigenvalue weighted by molar-refractivity contribution is 7.92. The second kappa shape index (κ2) is 5.03. The lowest BCUT2D eigenvalue weighted by molar-refractivity contribution is 0.319. The topological polar surface area (TPSA) is 113 Å². The highest BCUT2D eigenvalue weighted by atomic mass is 32.2. The largest absolute Gasteiger partial charge is 0.395 e. The Morgan fingerprint density at radius 3 is 2.00 bits per heavy atom. The van der Waals surface area contributed by atoms with E-state index in [0.29, 0.717) is 0 Å². The number of hydrogen-bond acceptors (Lipinski definition) is 5. The van der Waals surface area contributed by atoms with E-state index in [1.165, 1.54) is 13.8 Å².